The SMILES string of the molecule is CC1CN(CC(O)C(F)(F)F)CCS1. The zero-order valence-corrected chi connectivity index (χ0v) is 8.74. The second-order valence-corrected chi connectivity index (χ2v) is 5.04. The van der Waals surface area contributed by atoms with E-state index in [1.54, 1.807) is 16.7 Å². The maximum Gasteiger partial charge on any atom is 0.415 e. The molecular formula is C8H14F3NOS. The zero-order chi connectivity index (χ0) is 10.8. The molecule has 0 aromatic carbocycles. The number of halogens is 3. The van der Waals surface area contributed by atoms with E-state index >= 15 is 0 Å². The molecule has 0 bridgehead atoms. The van der Waals surface area contributed by atoms with E-state index in [4.69, 9.17) is 5.11 Å². The maximum absolute atomic E-state index is 12.0. The molecule has 84 valence electrons. The molecule has 6 heteroatoms. The van der Waals surface area contributed by atoms with Crippen molar-refractivity contribution in [3.8, 4) is 0 Å². The van der Waals surface area contributed by atoms with Crippen molar-refractivity contribution in [1.29, 1.82) is 0 Å². The minimum Gasteiger partial charge on any atom is -0.382 e. The number of aliphatic hydroxyl groups is 1. The fraction of sp³-hybridized carbons (Fsp3) is 1.00. The van der Waals surface area contributed by atoms with Crippen LogP contribution in [0.25, 0.3) is 0 Å². The van der Waals surface area contributed by atoms with Crippen molar-refractivity contribution < 1.29 is 18.3 Å². The van der Waals surface area contributed by atoms with Gasteiger partial charge in [0.2, 0.25) is 0 Å². The van der Waals surface area contributed by atoms with Crippen molar-refractivity contribution in [2.24, 2.45) is 0 Å². The highest BCUT2D eigenvalue weighted by molar-refractivity contribution is 7.99. The molecule has 0 spiro atoms. The first-order chi connectivity index (χ1) is 6.39. The maximum atomic E-state index is 12.0. The largest absolute Gasteiger partial charge is 0.415 e. The zero-order valence-electron chi connectivity index (χ0n) is 7.92. The minimum atomic E-state index is -4.49. The lowest BCUT2D eigenvalue weighted by Gasteiger charge is -2.32. The van der Waals surface area contributed by atoms with Crippen molar-refractivity contribution >= 4 is 11.8 Å². The number of rotatable bonds is 2. The Hall–Kier alpha value is 0.0600. The summed E-state index contributed by atoms with van der Waals surface area (Å²) in [4.78, 5) is 1.67. The van der Waals surface area contributed by atoms with Gasteiger partial charge in [0.1, 0.15) is 0 Å². The summed E-state index contributed by atoms with van der Waals surface area (Å²) in [7, 11) is 0. The van der Waals surface area contributed by atoms with Gasteiger partial charge < -0.3 is 5.11 Å². The minimum absolute atomic E-state index is 0.297. The quantitative estimate of drug-likeness (QED) is 0.773. The molecule has 2 unspecified atom stereocenters. The lowest BCUT2D eigenvalue weighted by Crippen LogP contribution is -2.45. The van der Waals surface area contributed by atoms with Crippen LogP contribution in [0.3, 0.4) is 0 Å². The molecule has 0 saturated carbocycles. The van der Waals surface area contributed by atoms with Crippen molar-refractivity contribution in [3.63, 3.8) is 0 Å². The average Bonchev–Trinajstić information content (AvgIpc) is 2.02. The molecule has 2 nitrogen and oxygen atoms in total. The highest BCUT2D eigenvalue weighted by Crippen LogP contribution is 2.23. The van der Waals surface area contributed by atoms with Crippen molar-refractivity contribution in [2.75, 3.05) is 25.4 Å². The molecule has 1 aliphatic rings. The Bertz CT molecular complexity index is 188. The Balaban J connectivity index is 2.36. The molecule has 0 aromatic heterocycles. The molecule has 1 heterocycles. The van der Waals surface area contributed by atoms with Gasteiger partial charge in [0.05, 0.1) is 0 Å². The number of thioether (sulfide) groups is 1. The van der Waals surface area contributed by atoms with Gasteiger partial charge in [-0.3, -0.25) is 4.90 Å². The summed E-state index contributed by atoms with van der Waals surface area (Å²) in [6.07, 6.45) is -6.70. The van der Waals surface area contributed by atoms with Crippen LogP contribution in [0.15, 0.2) is 0 Å². The summed E-state index contributed by atoms with van der Waals surface area (Å²) < 4.78 is 36.1. The van der Waals surface area contributed by atoms with Crippen LogP contribution in [-0.2, 0) is 0 Å². The van der Waals surface area contributed by atoms with Gasteiger partial charge in [-0.2, -0.15) is 24.9 Å². The van der Waals surface area contributed by atoms with Gasteiger partial charge >= 0.3 is 6.18 Å². The molecule has 2 atom stereocenters. The Kier molecular flexibility index (Phi) is 4.09. The van der Waals surface area contributed by atoms with Crippen LogP contribution in [0.4, 0.5) is 13.2 Å². The molecule has 1 saturated heterocycles. The van der Waals surface area contributed by atoms with Crippen LogP contribution in [-0.4, -0.2) is 52.9 Å². The molecule has 0 amide bonds. The van der Waals surface area contributed by atoms with E-state index in [0.29, 0.717) is 18.3 Å². The number of alkyl halides is 3. The molecule has 0 aromatic rings. The molecule has 14 heavy (non-hydrogen) atoms. The standard InChI is InChI=1S/C8H14F3NOS/c1-6-4-12(2-3-14-6)5-7(13)8(9,10)11/h6-7,13H,2-5H2,1H3. The van der Waals surface area contributed by atoms with Crippen LogP contribution in [0.1, 0.15) is 6.92 Å². The van der Waals surface area contributed by atoms with E-state index in [1.807, 2.05) is 6.92 Å². The Labute approximate surface area is 85.5 Å². The second-order valence-electron chi connectivity index (χ2n) is 3.50. The van der Waals surface area contributed by atoms with Crippen LogP contribution < -0.4 is 0 Å². The predicted octanol–water partition coefficient (Wildman–Crippen LogP) is 1.35. The van der Waals surface area contributed by atoms with Gasteiger partial charge in [0.15, 0.2) is 6.10 Å². The first kappa shape index (κ1) is 12.1. The predicted molar refractivity (Wildman–Crippen MR) is 50.4 cm³/mol. The highest BCUT2D eigenvalue weighted by Gasteiger charge is 2.39. The van der Waals surface area contributed by atoms with Gasteiger partial charge in [-0.25, -0.2) is 0 Å². The normalized spacial score (nSPS) is 27.6. The van der Waals surface area contributed by atoms with Gasteiger partial charge in [0.25, 0.3) is 0 Å². The first-order valence-electron chi connectivity index (χ1n) is 4.48. The summed E-state index contributed by atoms with van der Waals surface area (Å²) in [5, 5.41) is 9.20. The molecule has 1 N–H and O–H groups in total. The number of β-amino-alcohol motifs (C(OH)–C–C–N with tert-alkyl or cyclic N) is 1. The van der Waals surface area contributed by atoms with Crippen LogP contribution >= 0.6 is 11.8 Å². The van der Waals surface area contributed by atoms with Gasteiger partial charge in [-0.15, -0.1) is 0 Å². The topological polar surface area (TPSA) is 23.5 Å². The summed E-state index contributed by atoms with van der Waals surface area (Å²) in [6, 6.07) is 0. The molecule has 1 rings (SSSR count). The molecule has 1 fully saturated rings. The molecular weight excluding hydrogens is 215 g/mol. The smallest absolute Gasteiger partial charge is 0.382 e. The third kappa shape index (κ3) is 3.67. The van der Waals surface area contributed by atoms with Crippen LogP contribution in [0, 0.1) is 0 Å². The number of aliphatic hydroxyl groups excluding tert-OH is 1. The van der Waals surface area contributed by atoms with E-state index in [9.17, 15) is 13.2 Å². The number of hydrogen-bond acceptors (Lipinski definition) is 3. The summed E-state index contributed by atoms with van der Waals surface area (Å²) in [5.74, 6) is 0.839. The number of nitrogens with zero attached hydrogens (tertiary/aromatic N) is 1. The van der Waals surface area contributed by atoms with Gasteiger partial charge in [-0.05, 0) is 0 Å². The summed E-state index contributed by atoms with van der Waals surface area (Å²) in [5.41, 5.74) is 0. The Morgan fingerprint density at radius 1 is 1.57 bits per heavy atom. The Morgan fingerprint density at radius 3 is 2.71 bits per heavy atom. The number of hydrogen-bond donors (Lipinski definition) is 1. The second kappa shape index (κ2) is 4.72. The third-order valence-corrected chi connectivity index (χ3v) is 3.27. The monoisotopic (exact) mass is 229 g/mol. The van der Waals surface area contributed by atoms with Crippen molar-refractivity contribution in [2.45, 2.75) is 24.5 Å². The van der Waals surface area contributed by atoms with Crippen LogP contribution in [0.5, 0.6) is 0 Å². The van der Waals surface area contributed by atoms with Gasteiger partial charge in [-0.1, -0.05) is 6.92 Å². The third-order valence-electron chi connectivity index (χ3n) is 2.13. The first-order valence-corrected chi connectivity index (χ1v) is 5.53. The summed E-state index contributed by atoms with van der Waals surface area (Å²) >= 11 is 1.75. The Morgan fingerprint density at radius 2 is 2.21 bits per heavy atom. The fourth-order valence-electron chi connectivity index (χ4n) is 1.40. The lowest BCUT2D eigenvalue weighted by atomic mass is 10.3. The highest BCUT2D eigenvalue weighted by atomic mass is 32.2. The lowest BCUT2D eigenvalue weighted by molar-refractivity contribution is -0.208. The summed E-state index contributed by atoms with van der Waals surface area (Å²) in [6.45, 7) is 2.94. The average molecular weight is 229 g/mol. The van der Waals surface area contributed by atoms with E-state index in [0.717, 1.165) is 5.75 Å². The van der Waals surface area contributed by atoms with Gasteiger partial charge in [0, 0.05) is 30.6 Å². The molecule has 0 aliphatic carbocycles. The van der Waals surface area contributed by atoms with E-state index in [2.05, 4.69) is 0 Å². The van der Waals surface area contributed by atoms with E-state index < -0.39 is 12.3 Å². The fourth-order valence-corrected chi connectivity index (χ4v) is 2.49. The molecule has 1 aliphatic heterocycles. The van der Waals surface area contributed by atoms with E-state index in [1.165, 1.54) is 0 Å². The van der Waals surface area contributed by atoms with Crippen molar-refractivity contribution in [1.82, 2.24) is 4.90 Å². The van der Waals surface area contributed by atoms with E-state index in [-0.39, 0.29) is 6.54 Å². The van der Waals surface area contributed by atoms with Crippen molar-refractivity contribution in [3.05, 3.63) is 0 Å². The molecule has 0 radical (unpaired) electrons. The van der Waals surface area contributed by atoms with Crippen LogP contribution in [0.2, 0.25) is 0 Å².